The number of carboxylic acid groups (broad SMARTS) is 1. The van der Waals surface area contributed by atoms with E-state index in [1.807, 2.05) is 0 Å². The summed E-state index contributed by atoms with van der Waals surface area (Å²) in [6.07, 6.45) is 1.12. The van der Waals surface area contributed by atoms with Gasteiger partial charge in [0.1, 0.15) is 5.82 Å². The van der Waals surface area contributed by atoms with Gasteiger partial charge in [0.25, 0.3) is 5.91 Å². The summed E-state index contributed by atoms with van der Waals surface area (Å²) < 4.78 is 12.9. The minimum Gasteiger partial charge on any atom is -0.481 e. The zero-order valence-electron chi connectivity index (χ0n) is 12.3. The van der Waals surface area contributed by atoms with Gasteiger partial charge in [0.15, 0.2) is 10.9 Å². The van der Waals surface area contributed by atoms with Crippen molar-refractivity contribution in [2.75, 3.05) is 6.54 Å². The number of amides is 1. The Morgan fingerprint density at radius 2 is 2.00 bits per heavy atom. The maximum Gasteiger partial charge on any atom is 0.305 e. The largest absolute Gasteiger partial charge is 0.481 e. The van der Waals surface area contributed by atoms with Crippen molar-refractivity contribution in [3.63, 3.8) is 0 Å². The lowest BCUT2D eigenvalue weighted by atomic mass is 10.2. The van der Waals surface area contributed by atoms with Crippen molar-refractivity contribution >= 4 is 35.2 Å². The van der Waals surface area contributed by atoms with Gasteiger partial charge in [0.2, 0.25) is 0 Å². The second-order valence-corrected chi connectivity index (χ2v) is 6.01. The summed E-state index contributed by atoms with van der Waals surface area (Å²) in [6.45, 7) is -0.0213. The third-order valence-electron chi connectivity index (χ3n) is 2.84. The third-order valence-corrected chi connectivity index (χ3v) is 4.05. The number of benzene rings is 1. The molecule has 1 aromatic heterocycles. The van der Waals surface area contributed by atoms with E-state index in [-0.39, 0.29) is 29.5 Å². The molecule has 0 aliphatic heterocycles. The molecule has 0 bridgehead atoms. The van der Waals surface area contributed by atoms with E-state index in [1.165, 1.54) is 30.1 Å². The molecule has 0 fully saturated rings. The van der Waals surface area contributed by atoms with Crippen molar-refractivity contribution < 1.29 is 19.1 Å². The minimum absolute atomic E-state index is 0.0151. The number of hydrogen-bond acceptors (Lipinski definition) is 5. The number of carboxylic acids is 1. The molecule has 1 amide bonds. The number of aromatic nitrogens is 2. The average Bonchev–Trinajstić information content (AvgIpc) is 2.55. The molecular weight excluding hydrogens is 357 g/mol. The quantitative estimate of drug-likeness (QED) is 0.576. The highest BCUT2D eigenvalue weighted by molar-refractivity contribution is 7.98. The lowest BCUT2D eigenvalue weighted by Gasteiger charge is -2.06. The standard InChI is InChI=1S/C15H13ClFN3O3S/c16-11-7-19-15(24-8-9-1-3-10(17)4-2-9)20-13(11)14(23)18-6-5-12(21)22/h1-4,7H,5-6,8H2,(H,18,23)(H,21,22). The van der Waals surface area contributed by atoms with E-state index < -0.39 is 11.9 Å². The first-order chi connectivity index (χ1) is 11.5. The van der Waals surface area contributed by atoms with Crippen LogP contribution in [-0.2, 0) is 10.5 Å². The number of carbonyl (C=O) groups is 2. The van der Waals surface area contributed by atoms with Gasteiger partial charge in [-0.05, 0) is 17.7 Å². The van der Waals surface area contributed by atoms with Crippen LogP contribution in [0.25, 0.3) is 0 Å². The number of hydrogen-bond donors (Lipinski definition) is 2. The van der Waals surface area contributed by atoms with Crippen molar-refractivity contribution in [2.45, 2.75) is 17.3 Å². The van der Waals surface area contributed by atoms with Crippen LogP contribution in [0, 0.1) is 5.82 Å². The summed E-state index contributed by atoms with van der Waals surface area (Å²) in [5.74, 6) is -1.39. The topological polar surface area (TPSA) is 92.2 Å². The Hall–Kier alpha value is -2.19. The maximum absolute atomic E-state index is 12.9. The van der Waals surface area contributed by atoms with Gasteiger partial charge in [-0.15, -0.1) is 0 Å². The molecule has 0 atom stereocenters. The molecule has 1 aromatic carbocycles. The van der Waals surface area contributed by atoms with Crippen LogP contribution in [0.2, 0.25) is 5.02 Å². The molecule has 9 heteroatoms. The Kier molecular flexibility index (Phi) is 6.51. The lowest BCUT2D eigenvalue weighted by Crippen LogP contribution is -2.27. The van der Waals surface area contributed by atoms with Crippen LogP contribution in [0.1, 0.15) is 22.5 Å². The summed E-state index contributed by atoms with van der Waals surface area (Å²) in [5, 5.41) is 11.4. The zero-order valence-corrected chi connectivity index (χ0v) is 13.9. The van der Waals surface area contributed by atoms with Gasteiger partial charge in [-0.2, -0.15) is 0 Å². The highest BCUT2D eigenvalue weighted by Gasteiger charge is 2.14. The van der Waals surface area contributed by atoms with Crippen LogP contribution >= 0.6 is 23.4 Å². The Bertz CT molecular complexity index is 743. The van der Waals surface area contributed by atoms with Gasteiger partial charge in [-0.3, -0.25) is 9.59 Å². The molecule has 0 saturated carbocycles. The van der Waals surface area contributed by atoms with Crippen molar-refractivity contribution in [2.24, 2.45) is 0 Å². The van der Waals surface area contributed by atoms with E-state index in [4.69, 9.17) is 16.7 Å². The Balaban J connectivity index is 2.00. The first-order valence-corrected chi connectivity index (χ1v) is 8.22. The molecule has 1 heterocycles. The second-order valence-electron chi connectivity index (χ2n) is 4.66. The van der Waals surface area contributed by atoms with Gasteiger partial charge in [-0.1, -0.05) is 35.5 Å². The number of carbonyl (C=O) groups excluding carboxylic acids is 1. The SMILES string of the molecule is O=C(O)CCNC(=O)c1nc(SCc2ccc(F)cc2)ncc1Cl. The normalized spacial score (nSPS) is 10.4. The van der Waals surface area contributed by atoms with Gasteiger partial charge < -0.3 is 10.4 Å². The molecule has 24 heavy (non-hydrogen) atoms. The van der Waals surface area contributed by atoms with Crippen molar-refractivity contribution in [1.29, 1.82) is 0 Å². The Morgan fingerprint density at radius 3 is 2.67 bits per heavy atom. The van der Waals surface area contributed by atoms with E-state index >= 15 is 0 Å². The maximum atomic E-state index is 12.9. The minimum atomic E-state index is -1.01. The van der Waals surface area contributed by atoms with Crippen LogP contribution in [0.5, 0.6) is 0 Å². The highest BCUT2D eigenvalue weighted by atomic mass is 35.5. The first-order valence-electron chi connectivity index (χ1n) is 6.85. The zero-order chi connectivity index (χ0) is 17.5. The monoisotopic (exact) mass is 369 g/mol. The van der Waals surface area contributed by atoms with Crippen LogP contribution in [0.4, 0.5) is 4.39 Å². The fraction of sp³-hybridized carbons (Fsp3) is 0.200. The molecule has 0 spiro atoms. The number of aliphatic carboxylic acids is 1. The summed E-state index contributed by atoms with van der Waals surface area (Å²) >= 11 is 7.19. The molecule has 0 radical (unpaired) electrons. The average molecular weight is 370 g/mol. The van der Waals surface area contributed by atoms with E-state index in [9.17, 15) is 14.0 Å². The van der Waals surface area contributed by atoms with Gasteiger partial charge in [0.05, 0.1) is 17.6 Å². The van der Waals surface area contributed by atoms with E-state index in [0.29, 0.717) is 10.9 Å². The summed E-state index contributed by atoms with van der Waals surface area (Å²) in [7, 11) is 0. The fourth-order valence-electron chi connectivity index (χ4n) is 1.67. The van der Waals surface area contributed by atoms with E-state index in [0.717, 1.165) is 5.56 Å². The molecule has 2 N–H and O–H groups in total. The molecule has 126 valence electrons. The van der Waals surface area contributed by atoms with Crippen LogP contribution in [0.3, 0.4) is 0 Å². The number of rotatable bonds is 7. The number of thioether (sulfide) groups is 1. The molecular formula is C15H13ClFN3O3S. The van der Waals surface area contributed by atoms with Gasteiger partial charge in [0, 0.05) is 12.3 Å². The van der Waals surface area contributed by atoms with Gasteiger partial charge >= 0.3 is 5.97 Å². The van der Waals surface area contributed by atoms with Crippen molar-refractivity contribution in [3.05, 3.63) is 52.6 Å². The van der Waals surface area contributed by atoms with E-state index in [1.54, 1.807) is 12.1 Å². The van der Waals surface area contributed by atoms with Crippen molar-refractivity contribution in [3.8, 4) is 0 Å². The summed E-state index contributed by atoms with van der Waals surface area (Å²) in [6, 6.07) is 6.02. The van der Waals surface area contributed by atoms with Crippen LogP contribution < -0.4 is 5.32 Å². The fourth-order valence-corrected chi connectivity index (χ4v) is 2.62. The molecule has 0 aliphatic carbocycles. The Morgan fingerprint density at radius 1 is 1.29 bits per heavy atom. The molecule has 2 aromatic rings. The number of halogens is 2. The predicted molar refractivity (Wildman–Crippen MR) is 87.6 cm³/mol. The number of nitrogens with zero attached hydrogens (tertiary/aromatic N) is 2. The Labute approximate surface area is 146 Å². The lowest BCUT2D eigenvalue weighted by molar-refractivity contribution is -0.136. The summed E-state index contributed by atoms with van der Waals surface area (Å²) in [4.78, 5) is 30.6. The van der Waals surface area contributed by atoms with E-state index in [2.05, 4.69) is 15.3 Å². The smallest absolute Gasteiger partial charge is 0.305 e. The highest BCUT2D eigenvalue weighted by Crippen LogP contribution is 2.22. The molecule has 0 unspecified atom stereocenters. The molecule has 0 saturated heterocycles. The first kappa shape index (κ1) is 18.2. The van der Waals surface area contributed by atoms with Crippen LogP contribution in [-0.4, -0.2) is 33.5 Å². The van der Waals surface area contributed by atoms with Gasteiger partial charge in [-0.25, -0.2) is 14.4 Å². The molecule has 6 nitrogen and oxygen atoms in total. The summed E-state index contributed by atoms with van der Waals surface area (Å²) in [5.41, 5.74) is 0.867. The molecule has 2 rings (SSSR count). The van der Waals surface area contributed by atoms with Crippen LogP contribution in [0.15, 0.2) is 35.6 Å². The van der Waals surface area contributed by atoms with Crippen molar-refractivity contribution in [1.82, 2.24) is 15.3 Å². The number of nitrogens with one attached hydrogen (secondary N) is 1. The predicted octanol–water partition coefficient (Wildman–Crippen LogP) is 2.77. The second kappa shape index (κ2) is 8.60. The molecule has 0 aliphatic rings. The third kappa shape index (κ3) is 5.47.